The van der Waals surface area contributed by atoms with Crippen LogP contribution in [0.3, 0.4) is 0 Å². The summed E-state index contributed by atoms with van der Waals surface area (Å²) in [4.78, 5) is 26.9. The number of carbonyl (C=O) groups is 1. The zero-order valence-electron chi connectivity index (χ0n) is 20.2. The van der Waals surface area contributed by atoms with E-state index in [4.69, 9.17) is 19.4 Å². The molecule has 0 aliphatic carbocycles. The lowest BCUT2D eigenvalue weighted by molar-refractivity contribution is 0.205. The highest BCUT2D eigenvalue weighted by Gasteiger charge is 2.28. The van der Waals surface area contributed by atoms with E-state index in [2.05, 4.69) is 17.1 Å². The molecule has 2 aliphatic rings. The lowest BCUT2D eigenvalue weighted by Gasteiger charge is -2.33. The molecule has 0 radical (unpaired) electrons. The van der Waals surface area contributed by atoms with Gasteiger partial charge in [-0.3, -0.25) is 0 Å². The van der Waals surface area contributed by atoms with Gasteiger partial charge in [-0.15, -0.1) is 0 Å². The molecular formula is C27H31N5O3. The number of nitrogens with one attached hydrogen (secondary N) is 1. The number of carbonyl (C=O) groups excluding carboxylic acids is 1. The Kier molecular flexibility index (Phi) is 6.70. The van der Waals surface area contributed by atoms with Crippen molar-refractivity contribution in [1.82, 2.24) is 14.9 Å². The Morgan fingerprint density at radius 3 is 2.54 bits per heavy atom. The predicted octanol–water partition coefficient (Wildman–Crippen LogP) is 5.10. The normalized spacial score (nSPS) is 15.9. The van der Waals surface area contributed by atoms with Gasteiger partial charge in [-0.05, 0) is 43.0 Å². The maximum absolute atomic E-state index is 13.1. The monoisotopic (exact) mass is 473 g/mol. The third-order valence-electron chi connectivity index (χ3n) is 6.64. The van der Waals surface area contributed by atoms with Crippen LogP contribution >= 0.6 is 0 Å². The summed E-state index contributed by atoms with van der Waals surface area (Å²) < 4.78 is 11.5. The largest absolute Gasteiger partial charge is 0.497 e. The fraction of sp³-hybridized carbons (Fsp3) is 0.370. The van der Waals surface area contributed by atoms with E-state index in [0.29, 0.717) is 42.6 Å². The van der Waals surface area contributed by atoms with E-state index in [9.17, 15) is 4.79 Å². The standard InChI is InChI=1S/C27H31N5O3/c1-19-11-14-31(15-12-19)26-29-24-13-16-32(27(33)28-20-7-6-10-22(17-20)34-2)18-23(24)25(30-26)35-21-8-4-3-5-9-21/h3-10,17,19H,11-16,18H2,1-2H3,(H,28,33). The highest BCUT2D eigenvalue weighted by Crippen LogP contribution is 2.32. The maximum Gasteiger partial charge on any atom is 0.322 e. The van der Waals surface area contributed by atoms with Crippen molar-refractivity contribution in [2.24, 2.45) is 5.92 Å². The first-order valence-corrected chi connectivity index (χ1v) is 12.2. The third kappa shape index (κ3) is 5.31. The Morgan fingerprint density at radius 2 is 1.77 bits per heavy atom. The molecule has 1 saturated heterocycles. The van der Waals surface area contributed by atoms with Gasteiger partial charge in [0, 0.05) is 37.8 Å². The van der Waals surface area contributed by atoms with Gasteiger partial charge in [0.15, 0.2) is 0 Å². The SMILES string of the molecule is COc1cccc(NC(=O)N2CCc3nc(N4CCC(C)CC4)nc(Oc4ccccc4)c3C2)c1. The lowest BCUT2D eigenvalue weighted by atomic mass is 9.99. The van der Waals surface area contributed by atoms with Gasteiger partial charge in [0.25, 0.3) is 0 Å². The Hall–Kier alpha value is -3.81. The predicted molar refractivity (Wildman–Crippen MR) is 135 cm³/mol. The van der Waals surface area contributed by atoms with Crippen LogP contribution in [0.1, 0.15) is 31.0 Å². The summed E-state index contributed by atoms with van der Waals surface area (Å²) in [7, 11) is 1.61. The van der Waals surface area contributed by atoms with E-state index < -0.39 is 0 Å². The van der Waals surface area contributed by atoms with Crippen molar-refractivity contribution in [3.8, 4) is 17.4 Å². The highest BCUT2D eigenvalue weighted by molar-refractivity contribution is 5.89. The summed E-state index contributed by atoms with van der Waals surface area (Å²) in [5, 5.41) is 2.97. The molecule has 0 bridgehead atoms. The van der Waals surface area contributed by atoms with Gasteiger partial charge in [-0.1, -0.05) is 31.2 Å². The molecule has 5 rings (SSSR count). The van der Waals surface area contributed by atoms with Gasteiger partial charge in [-0.25, -0.2) is 9.78 Å². The van der Waals surface area contributed by atoms with Crippen LogP contribution in [-0.2, 0) is 13.0 Å². The van der Waals surface area contributed by atoms with E-state index in [0.717, 1.165) is 49.1 Å². The van der Waals surface area contributed by atoms with Crippen LogP contribution in [0.2, 0.25) is 0 Å². The molecule has 2 aliphatic heterocycles. The van der Waals surface area contributed by atoms with Crippen LogP contribution < -0.4 is 19.7 Å². The Labute approximate surface area is 205 Å². The highest BCUT2D eigenvalue weighted by atomic mass is 16.5. The number of benzene rings is 2. The Morgan fingerprint density at radius 1 is 1.00 bits per heavy atom. The first kappa shape index (κ1) is 23.0. The number of nitrogens with zero attached hydrogens (tertiary/aromatic N) is 4. The van der Waals surface area contributed by atoms with Gasteiger partial charge < -0.3 is 24.6 Å². The van der Waals surface area contributed by atoms with Crippen molar-refractivity contribution < 1.29 is 14.3 Å². The molecule has 1 N–H and O–H groups in total. The van der Waals surface area contributed by atoms with Gasteiger partial charge in [0.05, 0.1) is 24.9 Å². The van der Waals surface area contributed by atoms with E-state index in [-0.39, 0.29) is 6.03 Å². The van der Waals surface area contributed by atoms with Gasteiger partial charge in [0.2, 0.25) is 11.8 Å². The number of amides is 2. The second-order valence-electron chi connectivity index (χ2n) is 9.17. The first-order chi connectivity index (χ1) is 17.1. The number of rotatable bonds is 5. The van der Waals surface area contributed by atoms with Gasteiger partial charge >= 0.3 is 6.03 Å². The molecule has 35 heavy (non-hydrogen) atoms. The number of hydrogen-bond donors (Lipinski definition) is 1. The van der Waals surface area contributed by atoms with E-state index in [1.54, 1.807) is 18.1 Å². The van der Waals surface area contributed by atoms with Crippen LogP contribution in [0.4, 0.5) is 16.4 Å². The second kappa shape index (κ2) is 10.2. The second-order valence-corrected chi connectivity index (χ2v) is 9.17. The molecule has 3 aromatic rings. The fourth-order valence-corrected chi connectivity index (χ4v) is 4.48. The van der Waals surface area contributed by atoms with Crippen LogP contribution in [-0.4, -0.2) is 47.6 Å². The van der Waals surface area contributed by atoms with E-state index in [1.807, 2.05) is 48.5 Å². The molecule has 2 aromatic carbocycles. The number of piperidine rings is 1. The molecule has 1 aromatic heterocycles. The van der Waals surface area contributed by atoms with Crippen molar-refractivity contribution >= 4 is 17.7 Å². The Balaban J connectivity index is 1.40. The minimum atomic E-state index is -0.177. The summed E-state index contributed by atoms with van der Waals surface area (Å²) in [5.74, 6) is 3.37. The molecule has 0 atom stereocenters. The molecule has 8 heteroatoms. The molecule has 0 spiro atoms. The number of aromatic nitrogens is 2. The van der Waals surface area contributed by atoms with Gasteiger partial charge in [-0.2, -0.15) is 4.98 Å². The van der Waals surface area contributed by atoms with Crippen LogP contribution in [0.5, 0.6) is 17.4 Å². The fourth-order valence-electron chi connectivity index (χ4n) is 4.48. The van der Waals surface area contributed by atoms with E-state index >= 15 is 0 Å². The number of hydrogen-bond acceptors (Lipinski definition) is 6. The maximum atomic E-state index is 13.1. The first-order valence-electron chi connectivity index (χ1n) is 12.2. The van der Waals surface area contributed by atoms with Crippen LogP contribution in [0.15, 0.2) is 54.6 Å². The molecule has 2 amide bonds. The average molecular weight is 474 g/mol. The molecule has 8 nitrogen and oxygen atoms in total. The van der Waals surface area contributed by atoms with Gasteiger partial charge in [0.1, 0.15) is 11.5 Å². The smallest absolute Gasteiger partial charge is 0.322 e. The number of urea groups is 1. The van der Waals surface area contributed by atoms with Crippen LogP contribution in [0.25, 0.3) is 0 Å². The number of ether oxygens (including phenoxy) is 2. The van der Waals surface area contributed by atoms with Crippen molar-refractivity contribution in [3.63, 3.8) is 0 Å². The molecule has 182 valence electrons. The number of methoxy groups -OCH3 is 1. The molecular weight excluding hydrogens is 442 g/mol. The lowest BCUT2D eigenvalue weighted by Crippen LogP contribution is -2.40. The van der Waals surface area contributed by atoms with Crippen molar-refractivity contribution in [1.29, 1.82) is 0 Å². The van der Waals surface area contributed by atoms with Crippen molar-refractivity contribution in [3.05, 3.63) is 65.9 Å². The summed E-state index contributed by atoms with van der Waals surface area (Å²) in [6.07, 6.45) is 2.91. The molecule has 0 unspecified atom stereocenters. The molecule has 1 fully saturated rings. The third-order valence-corrected chi connectivity index (χ3v) is 6.64. The van der Waals surface area contributed by atoms with Crippen molar-refractivity contribution in [2.75, 3.05) is 37.0 Å². The minimum Gasteiger partial charge on any atom is -0.497 e. The quantitative estimate of drug-likeness (QED) is 0.555. The van der Waals surface area contributed by atoms with Crippen LogP contribution in [0, 0.1) is 5.92 Å². The summed E-state index contributed by atoms with van der Waals surface area (Å²) >= 11 is 0. The number of para-hydroxylation sites is 1. The topological polar surface area (TPSA) is 79.8 Å². The van der Waals surface area contributed by atoms with E-state index in [1.165, 1.54) is 0 Å². The summed E-state index contributed by atoms with van der Waals surface area (Å²) in [6.45, 7) is 5.13. The summed E-state index contributed by atoms with van der Waals surface area (Å²) in [6, 6.07) is 16.8. The molecule has 3 heterocycles. The average Bonchev–Trinajstić information content (AvgIpc) is 2.89. The molecule has 0 saturated carbocycles. The summed E-state index contributed by atoms with van der Waals surface area (Å²) in [5.41, 5.74) is 2.49. The zero-order valence-corrected chi connectivity index (χ0v) is 20.2. The minimum absolute atomic E-state index is 0.177. The number of anilines is 2. The Bertz CT molecular complexity index is 1180. The number of fused-ring (bicyclic) bond motifs is 1. The zero-order chi connectivity index (χ0) is 24.2. The van der Waals surface area contributed by atoms with Crippen molar-refractivity contribution in [2.45, 2.75) is 32.7 Å².